The molecule has 0 heteroatoms. The lowest BCUT2D eigenvalue weighted by molar-refractivity contribution is 0.486. The maximum Gasteiger partial charge on any atom is -0.0351 e. The predicted molar refractivity (Wildman–Crippen MR) is 168 cm³/mol. The van der Waals surface area contributed by atoms with E-state index < -0.39 is 0 Å². The van der Waals surface area contributed by atoms with Crippen LogP contribution in [0.2, 0.25) is 0 Å². The van der Waals surface area contributed by atoms with Crippen molar-refractivity contribution in [2.24, 2.45) is 5.92 Å². The predicted octanol–water partition coefficient (Wildman–Crippen LogP) is 13.7. The van der Waals surface area contributed by atoms with Gasteiger partial charge in [-0.3, -0.25) is 0 Å². The van der Waals surface area contributed by atoms with Gasteiger partial charge >= 0.3 is 0 Å². The van der Waals surface area contributed by atoms with E-state index in [0.717, 1.165) is 5.92 Å². The van der Waals surface area contributed by atoms with Gasteiger partial charge in [0.15, 0.2) is 0 Å². The maximum atomic E-state index is 2.43. The quantitative estimate of drug-likeness (QED) is 0.0859. The average Bonchev–Trinajstić information content (AvgIpc) is 3.41. The third-order valence-electron chi connectivity index (χ3n) is 7.96. The Kier molecular flexibility index (Phi) is 32.0. The van der Waals surface area contributed by atoms with E-state index in [1.807, 2.05) is 0 Å². The standard InChI is InChI=1S/C18H34.C18H36/c1-2-3-4-5-6-7-8-9-10-11-12-15-18-16-13-14-17-18;1-3-5-7-9-11-13-15-17-18-16-14-12-10-8-6-4-2/h9-10,18H,2-8,11-17H2,1H3;17-18H,3-16H2,1-2H3/b10-9-;18-17-. The Morgan fingerprint density at radius 1 is 0.389 bits per heavy atom. The van der Waals surface area contributed by atoms with Crippen LogP contribution in [0, 0.1) is 5.92 Å². The van der Waals surface area contributed by atoms with Crippen molar-refractivity contribution in [3.05, 3.63) is 24.3 Å². The molecular weight excluding hydrogens is 432 g/mol. The molecule has 0 unspecified atom stereocenters. The molecule has 0 atom stereocenters. The highest BCUT2D eigenvalue weighted by molar-refractivity contribution is 4.82. The van der Waals surface area contributed by atoms with Gasteiger partial charge in [0.2, 0.25) is 0 Å². The minimum atomic E-state index is 1.08. The fourth-order valence-electron chi connectivity index (χ4n) is 5.42. The lowest BCUT2D eigenvalue weighted by Gasteiger charge is -2.06. The van der Waals surface area contributed by atoms with E-state index in [1.54, 1.807) is 0 Å². The Hall–Kier alpha value is -0.520. The van der Waals surface area contributed by atoms with Gasteiger partial charge in [0.1, 0.15) is 0 Å². The van der Waals surface area contributed by atoms with Crippen molar-refractivity contribution >= 4 is 0 Å². The van der Waals surface area contributed by atoms with Gasteiger partial charge in [-0.05, 0) is 57.3 Å². The summed E-state index contributed by atoms with van der Waals surface area (Å²) >= 11 is 0. The van der Waals surface area contributed by atoms with Crippen molar-refractivity contribution in [1.29, 1.82) is 0 Å². The summed E-state index contributed by atoms with van der Waals surface area (Å²) in [5.74, 6) is 1.08. The van der Waals surface area contributed by atoms with Crippen molar-refractivity contribution < 1.29 is 0 Å². The first-order valence-electron chi connectivity index (χ1n) is 17.1. The van der Waals surface area contributed by atoms with Crippen LogP contribution in [0.1, 0.15) is 201 Å². The minimum Gasteiger partial charge on any atom is -0.0885 e. The van der Waals surface area contributed by atoms with E-state index in [2.05, 4.69) is 45.1 Å². The topological polar surface area (TPSA) is 0 Å². The third-order valence-corrected chi connectivity index (χ3v) is 7.96. The summed E-state index contributed by atoms with van der Waals surface area (Å²) in [7, 11) is 0. The molecule has 0 N–H and O–H groups in total. The maximum absolute atomic E-state index is 2.43. The number of unbranched alkanes of at least 4 members (excludes halogenated alkanes) is 19. The number of rotatable bonds is 25. The van der Waals surface area contributed by atoms with E-state index in [1.165, 1.54) is 180 Å². The molecule has 1 aliphatic rings. The highest BCUT2D eigenvalue weighted by atomic mass is 14.2. The normalized spacial score (nSPS) is 14.2. The van der Waals surface area contributed by atoms with Gasteiger partial charge in [0.25, 0.3) is 0 Å². The van der Waals surface area contributed by atoms with Crippen molar-refractivity contribution in [1.82, 2.24) is 0 Å². The molecule has 0 aromatic rings. The molecule has 1 saturated carbocycles. The second-order valence-corrected chi connectivity index (χ2v) is 11.7. The highest BCUT2D eigenvalue weighted by Gasteiger charge is 2.13. The van der Waals surface area contributed by atoms with Crippen LogP contribution in [0.3, 0.4) is 0 Å². The van der Waals surface area contributed by atoms with Gasteiger partial charge in [-0.15, -0.1) is 0 Å². The van der Waals surface area contributed by atoms with Gasteiger partial charge in [0.05, 0.1) is 0 Å². The van der Waals surface area contributed by atoms with E-state index in [4.69, 9.17) is 0 Å². The van der Waals surface area contributed by atoms with E-state index in [-0.39, 0.29) is 0 Å². The lowest BCUT2D eigenvalue weighted by Crippen LogP contribution is -1.91. The van der Waals surface area contributed by atoms with Crippen LogP contribution in [-0.2, 0) is 0 Å². The average molecular weight is 503 g/mol. The van der Waals surface area contributed by atoms with Crippen LogP contribution in [0.15, 0.2) is 24.3 Å². The van der Waals surface area contributed by atoms with Crippen LogP contribution >= 0.6 is 0 Å². The Morgan fingerprint density at radius 2 is 0.694 bits per heavy atom. The van der Waals surface area contributed by atoms with Crippen LogP contribution in [0.4, 0.5) is 0 Å². The highest BCUT2D eigenvalue weighted by Crippen LogP contribution is 2.28. The summed E-state index contributed by atoms with van der Waals surface area (Å²) in [6.07, 6.45) is 49.4. The van der Waals surface area contributed by atoms with Gasteiger partial charge in [0, 0.05) is 0 Å². The fourth-order valence-corrected chi connectivity index (χ4v) is 5.42. The fraction of sp³-hybridized carbons (Fsp3) is 0.889. The Bertz CT molecular complexity index is 407. The number of hydrogen-bond acceptors (Lipinski definition) is 0. The van der Waals surface area contributed by atoms with Crippen LogP contribution < -0.4 is 0 Å². The molecular formula is C36H70. The van der Waals surface area contributed by atoms with Crippen LogP contribution in [-0.4, -0.2) is 0 Å². The molecule has 0 nitrogen and oxygen atoms in total. The molecule has 0 aromatic carbocycles. The van der Waals surface area contributed by atoms with Crippen LogP contribution in [0.5, 0.6) is 0 Å². The molecule has 1 fully saturated rings. The largest absolute Gasteiger partial charge is 0.0885 e. The van der Waals surface area contributed by atoms with E-state index in [0.29, 0.717) is 0 Å². The first kappa shape index (κ1) is 35.5. The van der Waals surface area contributed by atoms with Crippen molar-refractivity contribution in [2.75, 3.05) is 0 Å². The summed E-state index contributed by atoms with van der Waals surface area (Å²) in [5.41, 5.74) is 0. The zero-order valence-electron chi connectivity index (χ0n) is 25.7. The SMILES string of the molecule is CCCCCCCC/C=C\CCCC1CCCC1.CCCCCCCC/C=C\CCCCCCCC. The van der Waals surface area contributed by atoms with Crippen molar-refractivity contribution in [3.63, 3.8) is 0 Å². The third kappa shape index (κ3) is 29.7. The summed E-state index contributed by atoms with van der Waals surface area (Å²) in [5, 5.41) is 0. The van der Waals surface area contributed by atoms with Gasteiger partial charge < -0.3 is 0 Å². The molecule has 0 spiro atoms. The molecule has 0 radical (unpaired) electrons. The van der Waals surface area contributed by atoms with E-state index >= 15 is 0 Å². The minimum absolute atomic E-state index is 1.08. The zero-order chi connectivity index (χ0) is 26.2. The molecule has 0 aliphatic heterocycles. The Labute approximate surface area is 230 Å². The molecule has 0 amide bonds. The second kappa shape index (κ2) is 32.5. The Morgan fingerprint density at radius 3 is 1.06 bits per heavy atom. The summed E-state index contributed by atoms with van der Waals surface area (Å²) < 4.78 is 0. The zero-order valence-corrected chi connectivity index (χ0v) is 25.7. The first-order valence-corrected chi connectivity index (χ1v) is 17.1. The molecule has 36 heavy (non-hydrogen) atoms. The summed E-state index contributed by atoms with van der Waals surface area (Å²) in [4.78, 5) is 0. The van der Waals surface area contributed by atoms with Gasteiger partial charge in [-0.2, -0.15) is 0 Å². The van der Waals surface area contributed by atoms with Gasteiger partial charge in [-0.25, -0.2) is 0 Å². The smallest absolute Gasteiger partial charge is 0.0351 e. The molecule has 0 saturated heterocycles. The molecule has 0 aromatic heterocycles. The summed E-state index contributed by atoms with van der Waals surface area (Å²) in [6.45, 7) is 6.85. The Balaban J connectivity index is 0.000000681. The molecule has 0 heterocycles. The van der Waals surface area contributed by atoms with Crippen molar-refractivity contribution in [3.8, 4) is 0 Å². The van der Waals surface area contributed by atoms with Crippen LogP contribution in [0.25, 0.3) is 0 Å². The first-order chi connectivity index (χ1) is 17.8. The second-order valence-electron chi connectivity index (χ2n) is 11.7. The number of allylic oxidation sites excluding steroid dienone is 4. The molecule has 214 valence electrons. The van der Waals surface area contributed by atoms with E-state index in [9.17, 15) is 0 Å². The molecule has 1 aliphatic carbocycles. The van der Waals surface area contributed by atoms with Crippen molar-refractivity contribution in [2.45, 2.75) is 201 Å². The van der Waals surface area contributed by atoms with Gasteiger partial charge in [-0.1, -0.05) is 173 Å². The lowest BCUT2D eigenvalue weighted by atomic mass is 10.0. The monoisotopic (exact) mass is 503 g/mol. The molecule has 1 rings (SSSR count). The summed E-state index contributed by atoms with van der Waals surface area (Å²) in [6, 6.07) is 0. The molecule has 0 bridgehead atoms. The number of hydrogen-bond donors (Lipinski definition) is 0.